The summed E-state index contributed by atoms with van der Waals surface area (Å²) < 4.78 is 0. The predicted octanol–water partition coefficient (Wildman–Crippen LogP) is 1.24. The molecule has 0 radical (unpaired) electrons. The monoisotopic (exact) mass is 210 g/mol. The van der Waals surface area contributed by atoms with Gasteiger partial charge in [-0.05, 0) is 31.8 Å². The number of piperidine rings is 1. The molecule has 0 aromatic rings. The quantitative estimate of drug-likeness (QED) is 0.706. The smallest absolute Gasteiger partial charge is 0.223 e. The Labute approximate surface area is 92.2 Å². The molecule has 1 spiro atoms. The molecule has 2 heterocycles. The lowest BCUT2D eigenvalue weighted by Crippen LogP contribution is -2.47. The van der Waals surface area contributed by atoms with E-state index in [1.165, 1.54) is 0 Å². The maximum absolute atomic E-state index is 11.9. The maximum atomic E-state index is 11.9. The van der Waals surface area contributed by atoms with Crippen LogP contribution in [-0.4, -0.2) is 37.0 Å². The molecule has 0 aromatic heterocycles. The van der Waals surface area contributed by atoms with Crippen LogP contribution in [0.2, 0.25) is 0 Å². The van der Waals surface area contributed by atoms with Gasteiger partial charge in [0.1, 0.15) is 0 Å². The molecule has 2 fully saturated rings. The van der Waals surface area contributed by atoms with Crippen molar-refractivity contribution in [2.45, 2.75) is 39.2 Å². The fourth-order valence-electron chi connectivity index (χ4n) is 3.65. The van der Waals surface area contributed by atoms with Crippen LogP contribution in [-0.2, 0) is 4.79 Å². The summed E-state index contributed by atoms with van der Waals surface area (Å²) in [5.41, 5.74) is 0.269. The van der Waals surface area contributed by atoms with E-state index < -0.39 is 0 Å². The lowest BCUT2D eigenvalue weighted by atomic mass is 9.69. The molecule has 2 saturated heterocycles. The van der Waals surface area contributed by atoms with Crippen LogP contribution >= 0.6 is 0 Å². The summed E-state index contributed by atoms with van der Waals surface area (Å²) in [6.07, 6.45) is 3.09. The number of carbonyl (C=O) groups is 1. The molecule has 0 aromatic carbocycles. The van der Waals surface area contributed by atoms with Gasteiger partial charge in [-0.25, -0.2) is 0 Å². The highest BCUT2D eigenvalue weighted by Crippen LogP contribution is 2.46. The van der Waals surface area contributed by atoms with Crippen molar-refractivity contribution < 1.29 is 4.79 Å². The topological polar surface area (TPSA) is 32.3 Å². The van der Waals surface area contributed by atoms with E-state index in [1.54, 1.807) is 0 Å². The third kappa shape index (κ3) is 1.67. The van der Waals surface area contributed by atoms with Crippen molar-refractivity contribution in [2.24, 2.45) is 11.3 Å². The van der Waals surface area contributed by atoms with Gasteiger partial charge in [0.05, 0.1) is 0 Å². The Balaban J connectivity index is 2.25. The van der Waals surface area contributed by atoms with Crippen LogP contribution in [0.1, 0.15) is 33.1 Å². The minimum absolute atomic E-state index is 0.269. The van der Waals surface area contributed by atoms with E-state index in [9.17, 15) is 4.79 Å². The second kappa shape index (κ2) is 3.78. The Morgan fingerprint density at radius 3 is 2.53 bits per heavy atom. The van der Waals surface area contributed by atoms with Gasteiger partial charge in [0.15, 0.2) is 0 Å². The molecular weight excluding hydrogens is 188 g/mol. The van der Waals surface area contributed by atoms with Crippen molar-refractivity contribution in [1.29, 1.82) is 0 Å². The summed E-state index contributed by atoms with van der Waals surface area (Å²) in [7, 11) is 1.98. The Kier molecular flexibility index (Phi) is 2.75. The maximum Gasteiger partial charge on any atom is 0.223 e. The average Bonchev–Trinajstić information content (AvgIpc) is 2.40. The third-order valence-electron chi connectivity index (χ3n) is 4.17. The van der Waals surface area contributed by atoms with Crippen LogP contribution in [0.3, 0.4) is 0 Å². The van der Waals surface area contributed by atoms with E-state index in [2.05, 4.69) is 19.2 Å². The number of nitrogens with one attached hydrogen (secondary N) is 1. The fourth-order valence-corrected chi connectivity index (χ4v) is 3.65. The molecule has 0 aliphatic carbocycles. The summed E-state index contributed by atoms with van der Waals surface area (Å²) in [4.78, 5) is 13.9. The average molecular weight is 210 g/mol. The number of rotatable bonds is 1. The second-order valence-corrected chi connectivity index (χ2v) is 5.48. The van der Waals surface area contributed by atoms with E-state index >= 15 is 0 Å². The van der Waals surface area contributed by atoms with Gasteiger partial charge in [-0.3, -0.25) is 4.79 Å². The second-order valence-electron chi connectivity index (χ2n) is 5.48. The van der Waals surface area contributed by atoms with Gasteiger partial charge in [0, 0.05) is 24.9 Å². The van der Waals surface area contributed by atoms with Crippen molar-refractivity contribution in [2.75, 3.05) is 20.1 Å². The van der Waals surface area contributed by atoms with Crippen LogP contribution in [0.15, 0.2) is 0 Å². The lowest BCUT2D eigenvalue weighted by Gasteiger charge is -2.42. The zero-order valence-electron chi connectivity index (χ0n) is 10.0. The molecule has 2 aliphatic heterocycles. The van der Waals surface area contributed by atoms with Crippen molar-refractivity contribution in [1.82, 2.24) is 10.2 Å². The molecule has 1 atom stereocenters. The summed E-state index contributed by atoms with van der Waals surface area (Å²) in [5.74, 6) is 0.912. The predicted molar refractivity (Wildman–Crippen MR) is 60.5 cm³/mol. The van der Waals surface area contributed by atoms with Crippen molar-refractivity contribution in [3.05, 3.63) is 0 Å². The van der Waals surface area contributed by atoms with E-state index in [4.69, 9.17) is 0 Å². The van der Waals surface area contributed by atoms with Crippen LogP contribution in [0.25, 0.3) is 0 Å². The highest BCUT2D eigenvalue weighted by Gasteiger charge is 2.51. The molecular formula is C12H22N2O. The van der Waals surface area contributed by atoms with Gasteiger partial charge >= 0.3 is 0 Å². The molecule has 3 nitrogen and oxygen atoms in total. The van der Waals surface area contributed by atoms with Gasteiger partial charge in [0.2, 0.25) is 5.91 Å². The molecule has 1 amide bonds. The molecule has 15 heavy (non-hydrogen) atoms. The summed E-state index contributed by atoms with van der Waals surface area (Å²) in [6.45, 7) is 6.63. The Hall–Kier alpha value is -0.570. The van der Waals surface area contributed by atoms with Crippen molar-refractivity contribution >= 4 is 5.91 Å². The van der Waals surface area contributed by atoms with Crippen LogP contribution < -0.4 is 5.32 Å². The van der Waals surface area contributed by atoms with Crippen LogP contribution in [0, 0.1) is 11.3 Å². The lowest BCUT2D eigenvalue weighted by molar-refractivity contribution is -0.128. The first-order valence-electron chi connectivity index (χ1n) is 6.03. The highest BCUT2D eigenvalue weighted by molar-refractivity contribution is 5.80. The Morgan fingerprint density at radius 2 is 2.00 bits per heavy atom. The van der Waals surface area contributed by atoms with E-state index in [0.29, 0.717) is 17.9 Å². The number of hydrogen-bond acceptors (Lipinski definition) is 2. The number of nitrogens with zero attached hydrogens (tertiary/aromatic N) is 1. The number of amides is 1. The fraction of sp³-hybridized carbons (Fsp3) is 0.917. The molecule has 3 heteroatoms. The van der Waals surface area contributed by atoms with Crippen LogP contribution in [0.4, 0.5) is 0 Å². The number of hydrogen-bond donors (Lipinski definition) is 1. The molecule has 1 unspecified atom stereocenters. The molecule has 0 saturated carbocycles. The van der Waals surface area contributed by atoms with E-state index in [1.807, 2.05) is 11.9 Å². The SMILES string of the molecule is CC(C)C1N(C)C(=O)CC12CCNCC2. The largest absolute Gasteiger partial charge is 0.342 e. The van der Waals surface area contributed by atoms with Gasteiger partial charge in [0.25, 0.3) is 0 Å². The minimum atomic E-state index is 0.269. The molecule has 86 valence electrons. The summed E-state index contributed by atoms with van der Waals surface area (Å²) in [5, 5.41) is 3.40. The first kappa shape index (κ1) is 10.9. The van der Waals surface area contributed by atoms with Gasteiger partial charge < -0.3 is 10.2 Å². The summed E-state index contributed by atoms with van der Waals surface area (Å²) >= 11 is 0. The third-order valence-corrected chi connectivity index (χ3v) is 4.17. The zero-order valence-corrected chi connectivity index (χ0v) is 10.0. The Bertz CT molecular complexity index is 256. The molecule has 1 N–H and O–H groups in total. The molecule has 2 aliphatic rings. The number of likely N-dealkylation sites (tertiary alicyclic amines) is 1. The molecule has 0 bridgehead atoms. The Morgan fingerprint density at radius 1 is 1.40 bits per heavy atom. The zero-order chi connectivity index (χ0) is 11.1. The first-order valence-corrected chi connectivity index (χ1v) is 6.03. The van der Waals surface area contributed by atoms with Crippen LogP contribution in [0.5, 0.6) is 0 Å². The van der Waals surface area contributed by atoms with Crippen molar-refractivity contribution in [3.8, 4) is 0 Å². The summed E-state index contributed by atoms with van der Waals surface area (Å²) in [6, 6.07) is 0.451. The molecule has 2 rings (SSSR count). The van der Waals surface area contributed by atoms with Gasteiger partial charge in [-0.2, -0.15) is 0 Å². The highest BCUT2D eigenvalue weighted by atomic mass is 16.2. The van der Waals surface area contributed by atoms with E-state index in [-0.39, 0.29) is 5.41 Å². The van der Waals surface area contributed by atoms with Gasteiger partial charge in [-0.1, -0.05) is 13.8 Å². The number of carbonyl (C=O) groups excluding carboxylic acids is 1. The van der Waals surface area contributed by atoms with Gasteiger partial charge in [-0.15, -0.1) is 0 Å². The normalized spacial score (nSPS) is 30.5. The first-order chi connectivity index (χ1) is 7.07. The van der Waals surface area contributed by atoms with Crippen molar-refractivity contribution in [3.63, 3.8) is 0 Å². The minimum Gasteiger partial charge on any atom is -0.342 e. The van der Waals surface area contributed by atoms with E-state index in [0.717, 1.165) is 32.4 Å². The standard InChI is InChI=1S/C12H22N2O/c1-9(2)11-12(4-6-13-7-5-12)8-10(15)14(11)3/h9,11,13H,4-8H2,1-3H3.